The Morgan fingerprint density at radius 2 is 1.94 bits per heavy atom. The van der Waals surface area contributed by atoms with Crippen LogP contribution in [0.5, 0.6) is 0 Å². The monoisotopic (exact) mass is 435 g/mol. The SMILES string of the molecule is c1cc2cc(-c3nc(N4CCOCC4)c4cc(CN5CCNCC5)sc4n3)cnc2[nH]1. The minimum absolute atomic E-state index is 0.732. The Bertz CT molecular complexity index is 1210. The highest BCUT2D eigenvalue weighted by atomic mass is 32.1. The summed E-state index contributed by atoms with van der Waals surface area (Å²) in [5.41, 5.74) is 1.83. The first-order valence-electron chi connectivity index (χ1n) is 10.8. The first kappa shape index (κ1) is 19.1. The number of piperazine rings is 1. The lowest BCUT2D eigenvalue weighted by atomic mass is 10.2. The smallest absolute Gasteiger partial charge is 0.164 e. The number of ether oxygens (including phenoxy) is 1. The van der Waals surface area contributed by atoms with Crippen LogP contribution in [0.25, 0.3) is 32.6 Å². The highest BCUT2D eigenvalue weighted by Gasteiger charge is 2.21. The van der Waals surface area contributed by atoms with Gasteiger partial charge in [0.15, 0.2) is 5.82 Å². The average molecular weight is 436 g/mol. The molecule has 8 nitrogen and oxygen atoms in total. The molecule has 0 bridgehead atoms. The third-order valence-electron chi connectivity index (χ3n) is 5.98. The van der Waals surface area contributed by atoms with E-state index in [1.807, 2.05) is 18.5 Å². The van der Waals surface area contributed by atoms with E-state index in [0.717, 1.165) is 97.5 Å². The molecule has 0 aliphatic carbocycles. The van der Waals surface area contributed by atoms with Crippen molar-refractivity contribution in [3.05, 3.63) is 35.5 Å². The van der Waals surface area contributed by atoms with Gasteiger partial charge in [-0.2, -0.15) is 0 Å². The summed E-state index contributed by atoms with van der Waals surface area (Å²) >= 11 is 1.79. The predicted molar refractivity (Wildman–Crippen MR) is 124 cm³/mol. The molecule has 6 heterocycles. The molecule has 160 valence electrons. The first-order valence-corrected chi connectivity index (χ1v) is 11.6. The van der Waals surface area contributed by atoms with Crippen molar-refractivity contribution >= 4 is 38.4 Å². The number of rotatable bonds is 4. The van der Waals surface area contributed by atoms with Gasteiger partial charge in [-0.25, -0.2) is 15.0 Å². The molecule has 9 heteroatoms. The molecule has 2 aliphatic rings. The Morgan fingerprint density at radius 1 is 1.06 bits per heavy atom. The third-order valence-corrected chi connectivity index (χ3v) is 7.00. The molecule has 0 amide bonds. The predicted octanol–water partition coefficient (Wildman–Crippen LogP) is 2.48. The number of anilines is 1. The van der Waals surface area contributed by atoms with Crippen LogP contribution in [0, 0.1) is 0 Å². The van der Waals surface area contributed by atoms with Crippen molar-refractivity contribution in [2.24, 2.45) is 0 Å². The number of pyridine rings is 1. The maximum absolute atomic E-state index is 5.58. The molecule has 0 unspecified atom stereocenters. The number of hydrogen-bond acceptors (Lipinski definition) is 8. The van der Waals surface area contributed by atoms with E-state index >= 15 is 0 Å². The van der Waals surface area contributed by atoms with Crippen LogP contribution in [-0.2, 0) is 11.3 Å². The molecule has 0 radical (unpaired) electrons. The minimum atomic E-state index is 0.732. The Balaban J connectivity index is 1.43. The molecule has 4 aromatic heterocycles. The van der Waals surface area contributed by atoms with Crippen molar-refractivity contribution in [1.29, 1.82) is 0 Å². The lowest BCUT2D eigenvalue weighted by Crippen LogP contribution is -2.42. The van der Waals surface area contributed by atoms with E-state index in [1.165, 1.54) is 4.88 Å². The Hall–Kier alpha value is -2.59. The number of H-pyrrole nitrogens is 1. The molecule has 2 saturated heterocycles. The molecular formula is C22H25N7OS. The Labute approximate surface area is 184 Å². The van der Waals surface area contributed by atoms with Crippen LogP contribution in [0.2, 0.25) is 0 Å². The zero-order chi connectivity index (χ0) is 20.6. The normalized spacial score (nSPS) is 18.3. The second-order valence-corrected chi connectivity index (χ2v) is 9.18. The van der Waals surface area contributed by atoms with E-state index in [-0.39, 0.29) is 0 Å². The number of morpholine rings is 1. The molecule has 0 atom stereocenters. The Kier molecular flexibility index (Phi) is 5.03. The number of hydrogen-bond donors (Lipinski definition) is 2. The second-order valence-electron chi connectivity index (χ2n) is 8.07. The molecule has 4 aromatic rings. The van der Waals surface area contributed by atoms with Crippen molar-refractivity contribution in [2.75, 3.05) is 57.4 Å². The van der Waals surface area contributed by atoms with E-state index < -0.39 is 0 Å². The summed E-state index contributed by atoms with van der Waals surface area (Å²) < 4.78 is 5.58. The van der Waals surface area contributed by atoms with Crippen LogP contribution < -0.4 is 10.2 Å². The summed E-state index contributed by atoms with van der Waals surface area (Å²) in [7, 11) is 0. The maximum atomic E-state index is 5.58. The van der Waals surface area contributed by atoms with Gasteiger partial charge >= 0.3 is 0 Å². The third kappa shape index (κ3) is 3.78. The van der Waals surface area contributed by atoms with E-state index in [4.69, 9.17) is 14.7 Å². The van der Waals surface area contributed by atoms with E-state index in [1.54, 1.807) is 11.3 Å². The van der Waals surface area contributed by atoms with E-state index in [2.05, 4.69) is 37.2 Å². The molecule has 31 heavy (non-hydrogen) atoms. The molecule has 6 rings (SSSR count). The summed E-state index contributed by atoms with van der Waals surface area (Å²) in [4.78, 5) is 24.9. The van der Waals surface area contributed by atoms with Crippen LogP contribution in [0.15, 0.2) is 30.6 Å². The van der Waals surface area contributed by atoms with Crippen LogP contribution in [0.4, 0.5) is 5.82 Å². The number of aromatic amines is 1. The van der Waals surface area contributed by atoms with Gasteiger partial charge in [-0.3, -0.25) is 4.90 Å². The van der Waals surface area contributed by atoms with E-state index in [9.17, 15) is 0 Å². The highest BCUT2D eigenvalue weighted by Crippen LogP contribution is 2.34. The van der Waals surface area contributed by atoms with Gasteiger partial charge < -0.3 is 19.9 Å². The summed E-state index contributed by atoms with van der Waals surface area (Å²) in [6, 6.07) is 6.44. The number of aromatic nitrogens is 4. The van der Waals surface area contributed by atoms with Crippen molar-refractivity contribution in [1.82, 2.24) is 30.2 Å². The van der Waals surface area contributed by atoms with Crippen molar-refractivity contribution in [3.63, 3.8) is 0 Å². The Morgan fingerprint density at radius 3 is 2.81 bits per heavy atom. The minimum Gasteiger partial charge on any atom is -0.378 e. The standard InChI is InChI=1S/C22H25N7OS/c1-2-24-19-15(1)11-16(13-25-19)20-26-21(29-7-9-30-10-8-29)18-12-17(31-22(18)27-20)14-28-5-3-23-4-6-28/h1-2,11-13,23H,3-10,14H2,(H,24,25). The molecule has 0 aromatic carbocycles. The fraction of sp³-hybridized carbons (Fsp3) is 0.409. The van der Waals surface area contributed by atoms with Crippen molar-refractivity contribution in [3.8, 4) is 11.4 Å². The largest absolute Gasteiger partial charge is 0.378 e. The van der Waals surface area contributed by atoms with Crippen LogP contribution in [0.1, 0.15) is 4.88 Å². The molecule has 2 fully saturated rings. The van der Waals surface area contributed by atoms with Gasteiger partial charge in [0, 0.05) is 74.0 Å². The topological polar surface area (TPSA) is 82.2 Å². The van der Waals surface area contributed by atoms with Crippen molar-refractivity contribution < 1.29 is 4.74 Å². The summed E-state index contributed by atoms with van der Waals surface area (Å²) in [5.74, 6) is 1.75. The fourth-order valence-corrected chi connectivity index (χ4v) is 5.40. The number of nitrogens with one attached hydrogen (secondary N) is 2. The highest BCUT2D eigenvalue weighted by molar-refractivity contribution is 7.18. The van der Waals surface area contributed by atoms with Crippen LogP contribution in [-0.4, -0.2) is 77.3 Å². The van der Waals surface area contributed by atoms with Gasteiger partial charge in [-0.15, -0.1) is 11.3 Å². The van der Waals surface area contributed by atoms with Gasteiger partial charge in [0.25, 0.3) is 0 Å². The zero-order valence-corrected chi connectivity index (χ0v) is 18.1. The number of nitrogens with zero attached hydrogens (tertiary/aromatic N) is 5. The lowest BCUT2D eigenvalue weighted by Gasteiger charge is -2.28. The van der Waals surface area contributed by atoms with E-state index in [0.29, 0.717) is 0 Å². The fourth-order valence-electron chi connectivity index (χ4n) is 4.33. The quantitative estimate of drug-likeness (QED) is 0.510. The van der Waals surface area contributed by atoms with Crippen LogP contribution >= 0.6 is 11.3 Å². The summed E-state index contributed by atoms with van der Waals surface area (Å²) in [6.45, 7) is 8.42. The van der Waals surface area contributed by atoms with Gasteiger partial charge in [0.1, 0.15) is 16.3 Å². The molecule has 2 N–H and O–H groups in total. The first-order chi connectivity index (χ1) is 15.3. The summed E-state index contributed by atoms with van der Waals surface area (Å²) in [5, 5.41) is 5.65. The van der Waals surface area contributed by atoms with Gasteiger partial charge in [0.2, 0.25) is 0 Å². The molecular weight excluding hydrogens is 410 g/mol. The second kappa shape index (κ2) is 8.16. The zero-order valence-electron chi connectivity index (χ0n) is 17.3. The average Bonchev–Trinajstić information content (AvgIpc) is 3.45. The van der Waals surface area contributed by atoms with Gasteiger partial charge in [-0.1, -0.05) is 0 Å². The van der Waals surface area contributed by atoms with Gasteiger partial charge in [0.05, 0.1) is 18.6 Å². The number of thiophene rings is 1. The lowest BCUT2D eigenvalue weighted by molar-refractivity contribution is 0.122. The van der Waals surface area contributed by atoms with Crippen LogP contribution in [0.3, 0.4) is 0 Å². The summed E-state index contributed by atoms with van der Waals surface area (Å²) in [6.07, 6.45) is 3.77. The molecule has 2 aliphatic heterocycles. The molecule has 0 spiro atoms. The van der Waals surface area contributed by atoms with Gasteiger partial charge in [-0.05, 0) is 18.2 Å². The van der Waals surface area contributed by atoms with Crippen molar-refractivity contribution in [2.45, 2.75) is 6.54 Å². The number of fused-ring (bicyclic) bond motifs is 2. The molecule has 0 saturated carbocycles. The maximum Gasteiger partial charge on any atom is 0.164 e.